The molecule has 2 amide bonds. The summed E-state index contributed by atoms with van der Waals surface area (Å²) in [5.74, 6) is 0.489. The molecule has 1 atom stereocenters. The molecule has 2 aromatic carbocycles. The van der Waals surface area contributed by atoms with Crippen molar-refractivity contribution >= 4 is 28.3 Å². The van der Waals surface area contributed by atoms with Crippen LogP contribution in [0.15, 0.2) is 54.6 Å². The van der Waals surface area contributed by atoms with E-state index in [1.165, 1.54) is 0 Å². The lowest BCUT2D eigenvalue weighted by molar-refractivity contribution is -0.116. The van der Waals surface area contributed by atoms with Crippen molar-refractivity contribution in [1.29, 1.82) is 0 Å². The molecule has 2 heterocycles. The van der Waals surface area contributed by atoms with E-state index < -0.39 is 15.7 Å². The van der Waals surface area contributed by atoms with Crippen LogP contribution in [0.4, 0.5) is 5.69 Å². The van der Waals surface area contributed by atoms with Gasteiger partial charge in [0.25, 0.3) is 5.91 Å². The molecule has 0 radical (unpaired) electrons. The normalized spacial score (nSPS) is 21.2. The molecular weight excluding hydrogens is 376 g/mol. The summed E-state index contributed by atoms with van der Waals surface area (Å²) in [7, 11) is 0.280. The van der Waals surface area contributed by atoms with Crippen molar-refractivity contribution in [3.05, 3.63) is 60.2 Å². The first-order valence-electron chi connectivity index (χ1n) is 9.25. The molecule has 28 heavy (non-hydrogen) atoms. The first-order chi connectivity index (χ1) is 13.5. The van der Waals surface area contributed by atoms with Crippen LogP contribution < -0.4 is 9.64 Å². The van der Waals surface area contributed by atoms with Gasteiger partial charge in [0.05, 0.1) is 17.9 Å². The van der Waals surface area contributed by atoms with Crippen LogP contribution in [0.3, 0.4) is 0 Å². The minimum atomic E-state index is -1.29. The van der Waals surface area contributed by atoms with Crippen LogP contribution in [-0.2, 0) is 15.6 Å². The first kappa shape index (κ1) is 18.7. The standard InChI is InChI=1S/C21H22N2O4S/c1-27-18-9-5-6-16(14-18)20(25)22-12-10-21(11-13-22)23(19(24)15-28(21)26)17-7-3-2-4-8-17/h2-9,14H,10-13,15H2,1H3. The van der Waals surface area contributed by atoms with Crippen molar-refractivity contribution in [2.75, 3.05) is 30.9 Å². The average molecular weight is 398 g/mol. The Morgan fingerprint density at radius 2 is 1.79 bits per heavy atom. The SMILES string of the molecule is COc1cccc(C(=O)N2CCC3(CC2)N(c2ccccc2)C(=O)CS3=O)c1. The minimum absolute atomic E-state index is 0.0404. The number of hydrogen-bond acceptors (Lipinski definition) is 4. The van der Waals surface area contributed by atoms with Crippen LogP contribution in [0.2, 0.25) is 0 Å². The molecule has 6 nitrogen and oxygen atoms in total. The number of nitrogens with zero attached hydrogens (tertiary/aromatic N) is 2. The number of hydrogen-bond donors (Lipinski definition) is 0. The molecule has 0 aliphatic carbocycles. The Hall–Kier alpha value is -2.67. The molecule has 2 saturated heterocycles. The number of methoxy groups -OCH3 is 1. The van der Waals surface area contributed by atoms with Crippen molar-refractivity contribution in [3.63, 3.8) is 0 Å². The van der Waals surface area contributed by atoms with Crippen molar-refractivity contribution in [3.8, 4) is 5.75 Å². The van der Waals surface area contributed by atoms with E-state index in [4.69, 9.17) is 4.74 Å². The largest absolute Gasteiger partial charge is 0.497 e. The average Bonchev–Trinajstić information content (AvgIpc) is 2.97. The van der Waals surface area contributed by atoms with Gasteiger partial charge >= 0.3 is 0 Å². The van der Waals surface area contributed by atoms with Crippen molar-refractivity contribution < 1.29 is 18.5 Å². The summed E-state index contributed by atoms with van der Waals surface area (Å²) in [5.41, 5.74) is 1.34. The van der Waals surface area contributed by atoms with Gasteiger partial charge in [0.1, 0.15) is 16.4 Å². The van der Waals surface area contributed by atoms with Crippen LogP contribution in [0.1, 0.15) is 23.2 Å². The van der Waals surface area contributed by atoms with Gasteiger partial charge in [0.2, 0.25) is 5.91 Å². The van der Waals surface area contributed by atoms with Gasteiger partial charge in [-0.2, -0.15) is 0 Å². The van der Waals surface area contributed by atoms with Crippen LogP contribution in [0.25, 0.3) is 0 Å². The number of rotatable bonds is 3. The molecule has 0 aromatic heterocycles. The Morgan fingerprint density at radius 1 is 1.07 bits per heavy atom. The van der Waals surface area contributed by atoms with Gasteiger partial charge in [-0.15, -0.1) is 0 Å². The molecular formula is C21H22N2O4S. The van der Waals surface area contributed by atoms with Gasteiger partial charge in [-0.1, -0.05) is 24.3 Å². The molecule has 2 aliphatic rings. The lowest BCUT2D eigenvalue weighted by Crippen LogP contribution is -2.56. The molecule has 0 N–H and O–H groups in total. The second-order valence-electron chi connectivity index (χ2n) is 7.02. The first-order valence-corrected chi connectivity index (χ1v) is 10.6. The van der Waals surface area contributed by atoms with E-state index in [0.717, 1.165) is 5.69 Å². The minimum Gasteiger partial charge on any atom is -0.497 e. The number of para-hydroxylation sites is 1. The Kier molecular flexibility index (Phi) is 4.93. The number of anilines is 1. The molecule has 7 heteroatoms. The number of piperidine rings is 1. The lowest BCUT2D eigenvalue weighted by Gasteiger charge is -2.43. The van der Waals surface area contributed by atoms with Gasteiger partial charge < -0.3 is 9.64 Å². The quantitative estimate of drug-likeness (QED) is 0.796. The van der Waals surface area contributed by atoms with Crippen molar-refractivity contribution in [2.45, 2.75) is 17.7 Å². The second kappa shape index (κ2) is 7.39. The summed E-state index contributed by atoms with van der Waals surface area (Å²) >= 11 is 0. The Bertz CT molecular complexity index is 923. The van der Waals surface area contributed by atoms with E-state index in [1.54, 1.807) is 41.2 Å². The summed E-state index contributed by atoms with van der Waals surface area (Å²) in [6, 6.07) is 16.5. The van der Waals surface area contributed by atoms with E-state index in [1.807, 2.05) is 30.3 Å². The summed E-state index contributed by atoms with van der Waals surface area (Å²) in [5, 5.41) is 0. The molecule has 2 fully saturated rings. The summed E-state index contributed by atoms with van der Waals surface area (Å²) in [6.45, 7) is 0.913. The van der Waals surface area contributed by atoms with Gasteiger partial charge in [-0.3, -0.25) is 18.7 Å². The topological polar surface area (TPSA) is 66.9 Å². The van der Waals surface area contributed by atoms with Crippen LogP contribution in [0.5, 0.6) is 5.75 Å². The third kappa shape index (κ3) is 3.09. The highest BCUT2D eigenvalue weighted by Gasteiger charge is 2.53. The Balaban J connectivity index is 1.55. The summed E-state index contributed by atoms with van der Waals surface area (Å²) in [6.07, 6.45) is 0.992. The number of benzene rings is 2. The van der Waals surface area contributed by atoms with E-state index in [2.05, 4.69) is 0 Å². The van der Waals surface area contributed by atoms with Crippen LogP contribution in [-0.4, -0.2) is 51.7 Å². The lowest BCUT2D eigenvalue weighted by atomic mass is 10.00. The predicted molar refractivity (Wildman–Crippen MR) is 108 cm³/mol. The maximum absolute atomic E-state index is 12.9. The smallest absolute Gasteiger partial charge is 0.253 e. The zero-order chi connectivity index (χ0) is 19.7. The number of carbonyl (C=O) groups excluding carboxylic acids is 2. The van der Waals surface area contributed by atoms with Crippen molar-refractivity contribution in [1.82, 2.24) is 4.90 Å². The highest BCUT2D eigenvalue weighted by molar-refractivity contribution is 7.88. The third-order valence-corrected chi connectivity index (χ3v) is 7.45. The van der Waals surface area contributed by atoms with Gasteiger partial charge in [0.15, 0.2) is 0 Å². The van der Waals surface area contributed by atoms with E-state index >= 15 is 0 Å². The molecule has 1 spiro atoms. The molecule has 2 aromatic rings. The molecule has 0 saturated carbocycles. The van der Waals surface area contributed by atoms with E-state index in [-0.39, 0.29) is 17.6 Å². The second-order valence-corrected chi connectivity index (χ2v) is 8.76. The predicted octanol–water partition coefficient (Wildman–Crippen LogP) is 2.42. The van der Waals surface area contributed by atoms with Crippen LogP contribution >= 0.6 is 0 Å². The van der Waals surface area contributed by atoms with Crippen LogP contribution in [0, 0.1) is 0 Å². The third-order valence-electron chi connectivity index (χ3n) is 5.50. The number of ether oxygens (including phenoxy) is 1. The fourth-order valence-corrected chi connectivity index (χ4v) is 5.72. The molecule has 4 rings (SSSR count). The fourth-order valence-electron chi connectivity index (χ4n) is 4.05. The van der Waals surface area contributed by atoms with Gasteiger partial charge in [0, 0.05) is 37.2 Å². The highest BCUT2D eigenvalue weighted by atomic mass is 32.2. The van der Waals surface area contributed by atoms with E-state index in [0.29, 0.717) is 37.2 Å². The molecule has 1 unspecified atom stereocenters. The maximum atomic E-state index is 12.9. The number of amides is 2. The molecule has 2 aliphatic heterocycles. The monoisotopic (exact) mass is 398 g/mol. The number of likely N-dealkylation sites (tertiary alicyclic amines) is 1. The number of carbonyl (C=O) groups is 2. The fraction of sp³-hybridized carbons (Fsp3) is 0.333. The zero-order valence-electron chi connectivity index (χ0n) is 15.7. The molecule has 0 bridgehead atoms. The Labute approximate surface area is 166 Å². The summed E-state index contributed by atoms with van der Waals surface area (Å²) in [4.78, 5) is 28.2. The van der Waals surface area contributed by atoms with Gasteiger partial charge in [-0.25, -0.2) is 0 Å². The van der Waals surface area contributed by atoms with E-state index in [9.17, 15) is 13.8 Å². The van der Waals surface area contributed by atoms with Crippen molar-refractivity contribution in [2.24, 2.45) is 0 Å². The summed E-state index contributed by atoms with van der Waals surface area (Å²) < 4.78 is 18.1. The molecule has 146 valence electrons. The maximum Gasteiger partial charge on any atom is 0.253 e. The Morgan fingerprint density at radius 3 is 2.46 bits per heavy atom. The zero-order valence-corrected chi connectivity index (χ0v) is 16.5. The highest BCUT2D eigenvalue weighted by Crippen LogP contribution is 2.40. The van der Waals surface area contributed by atoms with Gasteiger partial charge in [-0.05, 0) is 30.3 Å².